The van der Waals surface area contributed by atoms with Crippen LogP contribution in [0.2, 0.25) is 5.02 Å². The third-order valence-electron chi connectivity index (χ3n) is 5.08. The van der Waals surface area contributed by atoms with E-state index < -0.39 is 0 Å². The molecule has 1 aromatic carbocycles. The molecule has 4 heteroatoms. The molecule has 0 aromatic heterocycles. The van der Waals surface area contributed by atoms with Crippen LogP contribution >= 0.6 is 23.2 Å². The molecule has 2 aliphatic rings. The molecule has 0 radical (unpaired) electrons. The number of nitrogens with one attached hydrogen (secondary N) is 1. The van der Waals surface area contributed by atoms with Gasteiger partial charge in [0.05, 0.1) is 0 Å². The van der Waals surface area contributed by atoms with E-state index >= 15 is 0 Å². The highest BCUT2D eigenvalue weighted by Crippen LogP contribution is 2.44. The number of halogens is 2. The molecule has 1 heterocycles. The predicted octanol–water partition coefficient (Wildman–Crippen LogP) is 4.42. The van der Waals surface area contributed by atoms with Crippen LogP contribution in [0.1, 0.15) is 24.8 Å². The molecule has 1 N–H and O–H groups in total. The number of nitrogens with zero attached hydrogens (tertiary/aromatic N) is 1. The van der Waals surface area contributed by atoms with Gasteiger partial charge in [-0.05, 0) is 35.6 Å². The first-order valence-corrected chi connectivity index (χ1v) is 9.06. The number of piperazine rings is 1. The van der Waals surface area contributed by atoms with Gasteiger partial charge in [0.25, 0.3) is 0 Å². The van der Waals surface area contributed by atoms with Crippen LogP contribution in [-0.4, -0.2) is 37.6 Å². The normalized spacial score (nSPS) is 26.8. The first-order valence-electron chi connectivity index (χ1n) is 8.30. The van der Waals surface area contributed by atoms with Crippen molar-refractivity contribution in [2.45, 2.75) is 19.3 Å². The Morgan fingerprint density at radius 2 is 1.87 bits per heavy atom. The van der Waals surface area contributed by atoms with Crippen LogP contribution < -0.4 is 5.32 Å². The van der Waals surface area contributed by atoms with Gasteiger partial charge in [0.1, 0.15) is 0 Å². The largest absolute Gasteiger partial charge is 0.314 e. The van der Waals surface area contributed by atoms with Gasteiger partial charge in [0, 0.05) is 48.7 Å². The van der Waals surface area contributed by atoms with Crippen LogP contribution in [0, 0.1) is 5.41 Å². The van der Waals surface area contributed by atoms with Crippen LogP contribution in [0.15, 0.2) is 47.5 Å². The second-order valence-corrected chi connectivity index (χ2v) is 7.66. The highest BCUT2D eigenvalue weighted by Gasteiger charge is 2.35. The summed E-state index contributed by atoms with van der Waals surface area (Å²) in [4.78, 5) is 2.56. The zero-order valence-corrected chi connectivity index (χ0v) is 15.1. The summed E-state index contributed by atoms with van der Waals surface area (Å²) in [5.74, 6) is 0.426. The van der Waals surface area contributed by atoms with Crippen LogP contribution in [0.4, 0.5) is 0 Å². The second kappa shape index (κ2) is 7.40. The van der Waals surface area contributed by atoms with Gasteiger partial charge in [-0.25, -0.2) is 0 Å². The summed E-state index contributed by atoms with van der Waals surface area (Å²) >= 11 is 12.2. The highest BCUT2D eigenvalue weighted by molar-refractivity contribution is 6.31. The lowest BCUT2D eigenvalue weighted by Gasteiger charge is -2.40. The lowest BCUT2D eigenvalue weighted by molar-refractivity contribution is 0.185. The van der Waals surface area contributed by atoms with Crippen LogP contribution in [0.25, 0.3) is 0 Å². The summed E-state index contributed by atoms with van der Waals surface area (Å²) in [5, 5.41) is 5.07. The number of benzene rings is 1. The topological polar surface area (TPSA) is 15.3 Å². The molecule has 3 rings (SSSR count). The Morgan fingerprint density at radius 3 is 2.48 bits per heavy atom. The summed E-state index contributed by atoms with van der Waals surface area (Å²) in [5.41, 5.74) is 1.43. The lowest BCUT2D eigenvalue weighted by atomic mass is 9.69. The summed E-state index contributed by atoms with van der Waals surface area (Å²) in [6.07, 6.45) is 7.45. The molecule has 2 unspecified atom stereocenters. The lowest BCUT2D eigenvalue weighted by Crippen LogP contribution is -2.46. The molecule has 2 atom stereocenters. The molecular formula is C19H24Cl2N2. The maximum Gasteiger partial charge on any atom is 0.0406 e. The van der Waals surface area contributed by atoms with E-state index in [0.29, 0.717) is 5.92 Å². The molecule has 0 saturated carbocycles. The van der Waals surface area contributed by atoms with E-state index in [1.54, 1.807) is 0 Å². The molecular weight excluding hydrogens is 327 g/mol. The maximum atomic E-state index is 6.15. The summed E-state index contributed by atoms with van der Waals surface area (Å²) < 4.78 is 0. The molecule has 1 fully saturated rings. The van der Waals surface area contributed by atoms with Crippen molar-refractivity contribution < 1.29 is 0 Å². The minimum Gasteiger partial charge on any atom is -0.314 e. The predicted molar refractivity (Wildman–Crippen MR) is 99.3 cm³/mol. The Balaban J connectivity index is 1.86. The van der Waals surface area contributed by atoms with Crippen LogP contribution in [0.3, 0.4) is 0 Å². The zero-order valence-electron chi connectivity index (χ0n) is 13.6. The second-order valence-electron chi connectivity index (χ2n) is 6.79. The molecule has 1 aliphatic carbocycles. The van der Waals surface area contributed by atoms with Gasteiger partial charge in [-0.15, -0.1) is 0 Å². The molecule has 0 bridgehead atoms. The van der Waals surface area contributed by atoms with Crippen molar-refractivity contribution in [3.63, 3.8) is 0 Å². The maximum absolute atomic E-state index is 6.15. The molecule has 23 heavy (non-hydrogen) atoms. The fraction of sp³-hybridized carbons (Fsp3) is 0.474. The number of allylic oxidation sites excluding steroid dienone is 4. The van der Waals surface area contributed by atoms with Gasteiger partial charge in [0.15, 0.2) is 0 Å². The van der Waals surface area contributed by atoms with Crippen molar-refractivity contribution >= 4 is 23.2 Å². The first-order chi connectivity index (χ1) is 11.1. The number of hydrogen-bond donors (Lipinski definition) is 1. The van der Waals surface area contributed by atoms with E-state index in [4.69, 9.17) is 23.2 Å². The van der Waals surface area contributed by atoms with Gasteiger partial charge in [0.2, 0.25) is 0 Å². The minimum absolute atomic E-state index is 0.0805. The molecule has 1 aromatic rings. The van der Waals surface area contributed by atoms with Gasteiger partial charge in [-0.3, -0.25) is 0 Å². The molecule has 0 amide bonds. The average molecular weight is 351 g/mol. The first kappa shape index (κ1) is 17.0. The summed E-state index contributed by atoms with van der Waals surface area (Å²) in [7, 11) is 0. The Hall–Kier alpha value is -0.800. The molecule has 1 saturated heterocycles. The molecule has 0 spiro atoms. The average Bonchev–Trinajstić information content (AvgIpc) is 2.57. The van der Waals surface area contributed by atoms with E-state index in [0.717, 1.165) is 49.2 Å². The highest BCUT2D eigenvalue weighted by atomic mass is 35.5. The standard InChI is InChI=1S/C19H24Cl2N2/c1-19(8-6-17(21)7-9-19)18(14-23-12-10-22-11-13-23)15-2-4-16(20)5-3-15/h2-8,18,22H,9-14H2,1H3. The summed E-state index contributed by atoms with van der Waals surface area (Å²) in [6.45, 7) is 7.78. The minimum atomic E-state index is 0.0805. The van der Waals surface area contributed by atoms with Crippen molar-refractivity contribution in [1.82, 2.24) is 10.2 Å². The molecule has 124 valence electrons. The van der Waals surface area contributed by atoms with Crippen LogP contribution in [-0.2, 0) is 0 Å². The zero-order chi connectivity index (χ0) is 16.3. The number of hydrogen-bond acceptors (Lipinski definition) is 2. The van der Waals surface area contributed by atoms with E-state index in [1.165, 1.54) is 5.56 Å². The fourth-order valence-electron chi connectivity index (χ4n) is 3.52. The van der Waals surface area contributed by atoms with E-state index in [-0.39, 0.29) is 5.41 Å². The Bertz CT molecular complexity index is 588. The SMILES string of the molecule is CC1(C(CN2CCNCC2)c2ccc(Cl)cc2)C=CC(Cl)=CC1. The Labute approximate surface area is 149 Å². The van der Waals surface area contributed by atoms with Gasteiger partial charge in [-0.2, -0.15) is 0 Å². The van der Waals surface area contributed by atoms with Gasteiger partial charge >= 0.3 is 0 Å². The van der Waals surface area contributed by atoms with Crippen molar-refractivity contribution in [2.75, 3.05) is 32.7 Å². The third-order valence-corrected chi connectivity index (χ3v) is 5.61. The van der Waals surface area contributed by atoms with Crippen molar-refractivity contribution in [3.8, 4) is 0 Å². The Kier molecular flexibility index (Phi) is 5.48. The van der Waals surface area contributed by atoms with Gasteiger partial charge in [-0.1, -0.05) is 54.4 Å². The van der Waals surface area contributed by atoms with Crippen LogP contribution in [0.5, 0.6) is 0 Å². The van der Waals surface area contributed by atoms with Gasteiger partial charge < -0.3 is 10.2 Å². The smallest absolute Gasteiger partial charge is 0.0406 e. The molecule has 2 nitrogen and oxygen atoms in total. The van der Waals surface area contributed by atoms with Crippen molar-refractivity contribution in [3.05, 3.63) is 58.1 Å². The van der Waals surface area contributed by atoms with Crippen molar-refractivity contribution in [2.24, 2.45) is 5.41 Å². The van der Waals surface area contributed by atoms with E-state index in [2.05, 4.69) is 41.4 Å². The quantitative estimate of drug-likeness (QED) is 0.864. The summed E-state index contributed by atoms with van der Waals surface area (Å²) in [6, 6.07) is 8.35. The Morgan fingerprint density at radius 1 is 1.17 bits per heavy atom. The molecule has 1 aliphatic heterocycles. The fourth-order valence-corrected chi connectivity index (χ4v) is 3.79. The number of rotatable bonds is 4. The third kappa shape index (κ3) is 4.19. The monoisotopic (exact) mass is 350 g/mol. The van der Waals surface area contributed by atoms with Crippen molar-refractivity contribution in [1.29, 1.82) is 0 Å². The van der Waals surface area contributed by atoms with E-state index in [9.17, 15) is 0 Å². The van der Waals surface area contributed by atoms with E-state index in [1.807, 2.05) is 18.2 Å².